The number of allylic oxidation sites excluding steroid dienone is 1. The molecule has 0 aromatic heterocycles. The van der Waals surface area contributed by atoms with E-state index in [1.54, 1.807) is 0 Å². The molecule has 160 valence electrons. The van der Waals surface area contributed by atoms with Crippen LogP contribution in [0.5, 0.6) is 0 Å². The number of rotatable bonds is 7. The number of hydrogen-bond donors (Lipinski definition) is 0. The summed E-state index contributed by atoms with van der Waals surface area (Å²) in [5, 5.41) is 2.58. The summed E-state index contributed by atoms with van der Waals surface area (Å²) in [5.41, 5.74) is 0. The second-order valence-corrected chi connectivity index (χ2v) is 13.9. The molecule has 1 aliphatic carbocycles. The Morgan fingerprint density at radius 2 is 1.57 bits per heavy atom. The van der Waals surface area contributed by atoms with Gasteiger partial charge in [-0.05, 0) is 34.2 Å². The molecule has 2 atom stereocenters. The monoisotopic (exact) mass is 420 g/mol. The first-order chi connectivity index (χ1) is 14.4. The van der Waals surface area contributed by atoms with Crippen molar-refractivity contribution in [2.75, 3.05) is 6.61 Å². The first-order valence-corrected chi connectivity index (χ1v) is 13.2. The van der Waals surface area contributed by atoms with Crippen molar-refractivity contribution in [1.29, 1.82) is 0 Å². The number of benzene rings is 2. The molecule has 2 aromatic carbocycles. The molecule has 1 saturated carbocycles. The minimum atomic E-state index is -2.49. The molecule has 2 aromatic rings. The molecule has 0 amide bonds. The number of ketones is 1. The van der Waals surface area contributed by atoms with Crippen LogP contribution in [0.1, 0.15) is 53.4 Å². The van der Waals surface area contributed by atoms with Crippen LogP contribution in [-0.4, -0.2) is 20.7 Å². The summed E-state index contributed by atoms with van der Waals surface area (Å²) < 4.78 is 6.90. The molecule has 0 spiro atoms. The van der Waals surface area contributed by atoms with Crippen molar-refractivity contribution >= 4 is 24.5 Å². The van der Waals surface area contributed by atoms with Crippen LogP contribution in [0.15, 0.2) is 72.8 Å². The molecule has 30 heavy (non-hydrogen) atoms. The van der Waals surface area contributed by atoms with Gasteiger partial charge >= 0.3 is 0 Å². The van der Waals surface area contributed by atoms with Crippen LogP contribution < -0.4 is 10.4 Å². The third-order valence-electron chi connectivity index (χ3n) is 6.49. The minimum absolute atomic E-state index is 0.0193. The molecule has 2 nitrogen and oxygen atoms in total. The maximum absolute atomic E-state index is 12.3. The van der Waals surface area contributed by atoms with E-state index in [4.69, 9.17) is 4.43 Å². The summed E-state index contributed by atoms with van der Waals surface area (Å²) in [6.45, 7) is 9.64. The Morgan fingerprint density at radius 3 is 2.07 bits per heavy atom. The highest BCUT2D eigenvalue weighted by molar-refractivity contribution is 6.99. The van der Waals surface area contributed by atoms with E-state index >= 15 is 0 Å². The standard InChI is InChI=1S/C27H36O2Si/c1-22(25-19-11-12-20-26(25)28)14-13-21-29-30(27(2,3)4,23-15-7-5-8-16-23)24-17-9-6-10-18-24/h5-10,13-18,22,25H,11-12,19-21H2,1-4H3/b14-13+. The van der Waals surface area contributed by atoms with E-state index < -0.39 is 8.32 Å². The Balaban J connectivity index is 1.85. The molecular weight excluding hydrogens is 384 g/mol. The van der Waals surface area contributed by atoms with E-state index in [9.17, 15) is 4.79 Å². The Hall–Kier alpha value is -1.97. The van der Waals surface area contributed by atoms with Crippen molar-refractivity contribution in [2.45, 2.75) is 58.4 Å². The summed E-state index contributed by atoms with van der Waals surface area (Å²) in [6.07, 6.45) is 8.36. The van der Waals surface area contributed by atoms with Gasteiger partial charge in [-0.3, -0.25) is 4.79 Å². The zero-order chi connectivity index (χ0) is 21.6. The molecule has 2 unspecified atom stereocenters. The van der Waals surface area contributed by atoms with Gasteiger partial charge in [0.25, 0.3) is 8.32 Å². The molecule has 0 N–H and O–H groups in total. The van der Waals surface area contributed by atoms with Gasteiger partial charge in [-0.25, -0.2) is 0 Å². The molecule has 1 aliphatic rings. The first-order valence-electron chi connectivity index (χ1n) is 11.3. The summed E-state index contributed by atoms with van der Waals surface area (Å²) in [6, 6.07) is 21.5. The Labute approximate surface area is 183 Å². The topological polar surface area (TPSA) is 26.3 Å². The SMILES string of the molecule is CC(/C=C/CO[Si](c1ccccc1)(c1ccccc1)C(C)(C)C)C1CCCCC1=O. The van der Waals surface area contributed by atoms with Gasteiger partial charge < -0.3 is 4.43 Å². The third-order valence-corrected chi connectivity index (χ3v) is 11.5. The summed E-state index contributed by atoms with van der Waals surface area (Å²) in [5.74, 6) is 0.898. The maximum Gasteiger partial charge on any atom is 0.261 e. The highest BCUT2D eigenvalue weighted by Gasteiger charge is 2.49. The van der Waals surface area contributed by atoms with Crippen molar-refractivity contribution in [2.24, 2.45) is 11.8 Å². The lowest BCUT2D eigenvalue weighted by molar-refractivity contribution is -0.125. The third kappa shape index (κ3) is 4.84. The smallest absolute Gasteiger partial charge is 0.261 e. The fraction of sp³-hybridized carbons (Fsp3) is 0.444. The zero-order valence-electron chi connectivity index (χ0n) is 18.9. The predicted molar refractivity (Wildman–Crippen MR) is 129 cm³/mol. The first kappa shape index (κ1) is 22.7. The van der Waals surface area contributed by atoms with Crippen molar-refractivity contribution in [1.82, 2.24) is 0 Å². The second-order valence-electron chi connectivity index (χ2n) is 9.58. The van der Waals surface area contributed by atoms with Crippen molar-refractivity contribution < 1.29 is 9.22 Å². The van der Waals surface area contributed by atoms with Gasteiger partial charge in [0.15, 0.2) is 0 Å². The van der Waals surface area contributed by atoms with Crippen LogP contribution in [0.4, 0.5) is 0 Å². The van der Waals surface area contributed by atoms with Gasteiger partial charge in [-0.15, -0.1) is 0 Å². The molecule has 0 heterocycles. The predicted octanol–water partition coefficient (Wildman–Crippen LogP) is 5.51. The van der Waals surface area contributed by atoms with Crippen LogP contribution in [0.25, 0.3) is 0 Å². The van der Waals surface area contributed by atoms with Crippen LogP contribution >= 0.6 is 0 Å². The summed E-state index contributed by atoms with van der Waals surface area (Å²) >= 11 is 0. The Morgan fingerprint density at radius 1 is 1.00 bits per heavy atom. The average Bonchev–Trinajstić information content (AvgIpc) is 2.74. The van der Waals surface area contributed by atoms with E-state index in [0.717, 1.165) is 19.3 Å². The molecular formula is C27H36O2Si. The zero-order valence-corrected chi connectivity index (χ0v) is 19.9. The van der Waals surface area contributed by atoms with Crippen LogP contribution in [0.2, 0.25) is 5.04 Å². The average molecular weight is 421 g/mol. The van der Waals surface area contributed by atoms with E-state index in [1.165, 1.54) is 16.8 Å². The summed E-state index contributed by atoms with van der Waals surface area (Å²) in [4.78, 5) is 12.3. The molecule has 3 heteroatoms. The number of hydrogen-bond acceptors (Lipinski definition) is 2. The van der Waals surface area contributed by atoms with Gasteiger partial charge in [0.1, 0.15) is 5.78 Å². The van der Waals surface area contributed by atoms with Gasteiger partial charge in [0.05, 0.1) is 6.61 Å². The molecule has 1 fully saturated rings. The number of carbonyl (C=O) groups excluding carboxylic acids is 1. The lowest BCUT2D eigenvalue weighted by Gasteiger charge is -2.42. The minimum Gasteiger partial charge on any atom is -0.404 e. The van der Waals surface area contributed by atoms with Gasteiger partial charge in [0.2, 0.25) is 0 Å². The van der Waals surface area contributed by atoms with Crippen molar-refractivity contribution in [3.05, 3.63) is 72.8 Å². The van der Waals surface area contributed by atoms with E-state index in [2.05, 4.69) is 101 Å². The van der Waals surface area contributed by atoms with E-state index in [1.807, 2.05) is 0 Å². The van der Waals surface area contributed by atoms with Gasteiger partial charge in [-0.1, -0.05) is 107 Å². The maximum atomic E-state index is 12.3. The fourth-order valence-corrected chi connectivity index (χ4v) is 9.41. The number of Topliss-reactive ketones (excluding diaryl/α,β-unsaturated/α-hetero) is 1. The second kappa shape index (κ2) is 9.89. The highest BCUT2D eigenvalue weighted by atomic mass is 28.4. The lowest BCUT2D eigenvalue weighted by atomic mass is 9.80. The van der Waals surface area contributed by atoms with E-state index in [-0.39, 0.29) is 16.9 Å². The lowest BCUT2D eigenvalue weighted by Crippen LogP contribution is -2.66. The normalized spacial score (nSPS) is 19.2. The molecule has 0 saturated heterocycles. The van der Waals surface area contributed by atoms with Crippen molar-refractivity contribution in [3.63, 3.8) is 0 Å². The summed E-state index contributed by atoms with van der Waals surface area (Å²) in [7, 11) is -2.49. The Kier molecular flexibility index (Phi) is 7.48. The molecule has 3 rings (SSSR count). The van der Waals surface area contributed by atoms with Crippen molar-refractivity contribution in [3.8, 4) is 0 Å². The van der Waals surface area contributed by atoms with Crippen LogP contribution in [0.3, 0.4) is 0 Å². The quantitative estimate of drug-likeness (QED) is 0.436. The molecule has 0 aliphatic heterocycles. The van der Waals surface area contributed by atoms with Gasteiger partial charge in [0, 0.05) is 12.3 Å². The highest BCUT2D eigenvalue weighted by Crippen LogP contribution is 2.36. The van der Waals surface area contributed by atoms with E-state index in [0.29, 0.717) is 12.4 Å². The van der Waals surface area contributed by atoms with Gasteiger partial charge in [-0.2, -0.15) is 0 Å². The van der Waals surface area contributed by atoms with Crippen LogP contribution in [0, 0.1) is 11.8 Å². The molecule has 0 radical (unpaired) electrons. The number of carbonyl (C=O) groups is 1. The fourth-order valence-electron chi connectivity index (χ4n) is 4.91. The molecule has 0 bridgehead atoms. The Bertz CT molecular complexity index is 797. The van der Waals surface area contributed by atoms with Crippen LogP contribution in [-0.2, 0) is 9.22 Å². The largest absolute Gasteiger partial charge is 0.404 e.